The largest absolute Gasteiger partial charge is 0.353 e. The van der Waals surface area contributed by atoms with Crippen LogP contribution in [-0.2, 0) is 4.79 Å². The smallest absolute Gasteiger partial charge is 0.230 e. The third kappa shape index (κ3) is 4.19. The van der Waals surface area contributed by atoms with Gasteiger partial charge in [-0.25, -0.2) is 19.0 Å². The molecule has 0 radical (unpaired) electrons. The monoisotopic (exact) mass is 373 g/mol. The zero-order chi connectivity index (χ0) is 18.5. The van der Waals surface area contributed by atoms with Crippen molar-refractivity contribution in [2.45, 2.75) is 37.8 Å². The van der Waals surface area contributed by atoms with E-state index >= 15 is 0 Å². The van der Waals surface area contributed by atoms with Crippen molar-refractivity contribution in [3.8, 4) is 5.69 Å². The Morgan fingerprint density at radius 2 is 2.08 bits per heavy atom. The molecule has 6 nitrogen and oxygen atoms in total. The maximum Gasteiger partial charge on any atom is 0.230 e. The lowest BCUT2D eigenvalue weighted by atomic mass is 10.2. The van der Waals surface area contributed by atoms with E-state index in [1.165, 1.54) is 30.2 Å². The molecule has 1 unspecified atom stereocenters. The molecule has 8 heteroatoms. The first-order valence-electron chi connectivity index (χ1n) is 8.45. The molecule has 26 heavy (non-hydrogen) atoms. The molecule has 136 valence electrons. The Hall–Kier alpha value is -2.48. The zero-order valence-electron chi connectivity index (χ0n) is 14.6. The van der Waals surface area contributed by atoms with Crippen LogP contribution in [-0.4, -0.2) is 37.5 Å². The molecule has 0 aliphatic heterocycles. The number of fused-ring (bicyclic) bond motifs is 1. The lowest BCUT2D eigenvalue weighted by Gasteiger charge is -2.12. The molecule has 1 amide bonds. The second-order valence-electron chi connectivity index (χ2n) is 5.99. The van der Waals surface area contributed by atoms with Crippen molar-refractivity contribution in [1.82, 2.24) is 25.1 Å². The molecule has 0 aliphatic rings. The van der Waals surface area contributed by atoms with E-state index in [1.54, 1.807) is 23.0 Å². The van der Waals surface area contributed by atoms with Crippen LogP contribution in [0.4, 0.5) is 4.39 Å². The molecule has 1 N–H and O–H groups in total. The zero-order valence-corrected chi connectivity index (χ0v) is 15.5. The quantitative estimate of drug-likeness (QED) is 0.508. The van der Waals surface area contributed by atoms with Gasteiger partial charge in [-0.2, -0.15) is 5.10 Å². The van der Waals surface area contributed by atoms with E-state index < -0.39 is 0 Å². The second-order valence-corrected chi connectivity index (χ2v) is 6.96. The molecule has 0 spiro atoms. The molecule has 1 atom stereocenters. The molecular weight excluding hydrogens is 353 g/mol. The summed E-state index contributed by atoms with van der Waals surface area (Å²) in [6.45, 7) is 4.09. The van der Waals surface area contributed by atoms with Crippen LogP contribution in [0.15, 0.2) is 41.8 Å². The first kappa shape index (κ1) is 18.3. The van der Waals surface area contributed by atoms with Crippen LogP contribution in [0.2, 0.25) is 0 Å². The number of hydrogen-bond acceptors (Lipinski definition) is 5. The molecule has 2 heterocycles. The van der Waals surface area contributed by atoms with Gasteiger partial charge in [0.1, 0.15) is 17.2 Å². The standard InChI is InChI=1S/C18H20FN5OS/c1-3-4-12(2)23-16(25)10-26-18-15-9-22-24(17(15)20-11-21-18)14-7-5-13(19)6-8-14/h5-9,11-12H,3-4,10H2,1-2H3,(H,23,25). The van der Waals surface area contributed by atoms with Crippen molar-refractivity contribution in [1.29, 1.82) is 0 Å². The lowest BCUT2D eigenvalue weighted by Crippen LogP contribution is -2.33. The molecule has 3 rings (SSSR count). The number of thioether (sulfide) groups is 1. The van der Waals surface area contributed by atoms with Gasteiger partial charge in [-0.15, -0.1) is 0 Å². The van der Waals surface area contributed by atoms with E-state index in [0.29, 0.717) is 16.4 Å². The maximum atomic E-state index is 13.1. The van der Waals surface area contributed by atoms with E-state index in [1.807, 2.05) is 6.92 Å². The number of nitrogens with zero attached hydrogens (tertiary/aromatic N) is 4. The summed E-state index contributed by atoms with van der Waals surface area (Å²) in [6, 6.07) is 6.20. The summed E-state index contributed by atoms with van der Waals surface area (Å²) < 4.78 is 14.8. The Morgan fingerprint density at radius 3 is 2.81 bits per heavy atom. The van der Waals surface area contributed by atoms with Crippen molar-refractivity contribution in [3.05, 3.63) is 42.6 Å². The number of carbonyl (C=O) groups is 1. The summed E-state index contributed by atoms with van der Waals surface area (Å²) in [6.07, 6.45) is 5.10. The minimum atomic E-state index is -0.306. The fraction of sp³-hybridized carbons (Fsp3) is 0.333. The Bertz CT molecular complexity index is 896. The van der Waals surface area contributed by atoms with Crippen LogP contribution in [0.1, 0.15) is 26.7 Å². The summed E-state index contributed by atoms with van der Waals surface area (Å²) in [5, 5.41) is 8.77. The topological polar surface area (TPSA) is 72.7 Å². The van der Waals surface area contributed by atoms with E-state index in [2.05, 4.69) is 27.3 Å². The van der Waals surface area contributed by atoms with Gasteiger partial charge in [-0.1, -0.05) is 25.1 Å². The van der Waals surface area contributed by atoms with Gasteiger partial charge in [0, 0.05) is 6.04 Å². The predicted octanol–water partition coefficient (Wildman–Crippen LogP) is 3.35. The first-order chi connectivity index (χ1) is 12.6. The van der Waals surface area contributed by atoms with Crippen molar-refractivity contribution in [2.24, 2.45) is 0 Å². The maximum absolute atomic E-state index is 13.1. The first-order valence-corrected chi connectivity index (χ1v) is 9.44. The van der Waals surface area contributed by atoms with Gasteiger partial charge in [0.05, 0.1) is 23.0 Å². The summed E-state index contributed by atoms with van der Waals surface area (Å²) in [5.41, 5.74) is 1.33. The Labute approximate surface area is 155 Å². The Balaban J connectivity index is 1.76. The molecule has 1 aromatic carbocycles. The average Bonchev–Trinajstić information content (AvgIpc) is 3.05. The van der Waals surface area contributed by atoms with E-state index in [0.717, 1.165) is 18.2 Å². The number of hydrogen-bond donors (Lipinski definition) is 1. The fourth-order valence-corrected chi connectivity index (χ4v) is 3.44. The van der Waals surface area contributed by atoms with Crippen LogP contribution in [0.3, 0.4) is 0 Å². The minimum absolute atomic E-state index is 0.0198. The van der Waals surface area contributed by atoms with Crippen LogP contribution < -0.4 is 5.32 Å². The van der Waals surface area contributed by atoms with Crippen LogP contribution in [0, 0.1) is 5.82 Å². The highest BCUT2D eigenvalue weighted by molar-refractivity contribution is 8.00. The van der Waals surface area contributed by atoms with E-state index in [4.69, 9.17) is 0 Å². The van der Waals surface area contributed by atoms with E-state index in [9.17, 15) is 9.18 Å². The van der Waals surface area contributed by atoms with E-state index in [-0.39, 0.29) is 23.5 Å². The highest BCUT2D eigenvalue weighted by Gasteiger charge is 2.14. The SMILES string of the molecule is CCCC(C)NC(=O)CSc1ncnc2c1cnn2-c1ccc(F)cc1. The lowest BCUT2D eigenvalue weighted by molar-refractivity contribution is -0.119. The molecule has 3 aromatic rings. The summed E-state index contributed by atoms with van der Waals surface area (Å²) in [7, 11) is 0. The molecule has 0 aliphatic carbocycles. The minimum Gasteiger partial charge on any atom is -0.353 e. The number of benzene rings is 1. The number of aromatic nitrogens is 4. The second kappa shape index (κ2) is 8.27. The van der Waals surface area contributed by atoms with Gasteiger partial charge in [0.25, 0.3) is 0 Å². The average molecular weight is 373 g/mol. The van der Waals surface area contributed by atoms with Gasteiger partial charge < -0.3 is 5.32 Å². The Morgan fingerprint density at radius 1 is 1.31 bits per heavy atom. The van der Waals surface area contributed by atoms with Crippen molar-refractivity contribution >= 4 is 28.7 Å². The third-order valence-electron chi connectivity index (χ3n) is 3.87. The molecule has 0 bridgehead atoms. The number of halogens is 1. The summed E-state index contributed by atoms with van der Waals surface area (Å²) in [4.78, 5) is 20.6. The summed E-state index contributed by atoms with van der Waals surface area (Å²) >= 11 is 1.35. The number of rotatable bonds is 7. The molecule has 0 saturated heterocycles. The fourth-order valence-electron chi connectivity index (χ4n) is 2.66. The van der Waals surface area contributed by atoms with Crippen LogP contribution in [0.25, 0.3) is 16.7 Å². The van der Waals surface area contributed by atoms with Gasteiger partial charge >= 0.3 is 0 Å². The van der Waals surface area contributed by atoms with Gasteiger partial charge in [-0.05, 0) is 37.6 Å². The number of amides is 1. The highest BCUT2D eigenvalue weighted by atomic mass is 32.2. The highest BCUT2D eigenvalue weighted by Crippen LogP contribution is 2.25. The Kier molecular flexibility index (Phi) is 5.82. The number of carbonyl (C=O) groups excluding carboxylic acids is 1. The van der Waals surface area contributed by atoms with Crippen molar-refractivity contribution < 1.29 is 9.18 Å². The molecule has 0 fully saturated rings. The molecule has 0 saturated carbocycles. The van der Waals surface area contributed by atoms with Gasteiger partial charge in [0.15, 0.2) is 5.65 Å². The molecular formula is C18H20FN5OS. The third-order valence-corrected chi connectivity index (χ3v) is 4.87. The number of nitrogens with one attached hydrogen (secondary N) is 1. The normalized spacial score (nSPS) is 12.3. The van der Waals surface area contributed by atoms with Gasteiger partial charge in [0.2, 0.25) is 5.91 Å². The van der Waals surface area contributed by atoms with Gasteiger partial charge in [-0.3, -0.25) is 4.79 Å². The van der Waals surface area contributed by atoms with Crippen LogP contribution >= 0.6 is 11.8 Å². The van der Waals surface area contributed by atoms with Crippen LogP contribution in [0.5, 0.6) is 0 Å². The molecule has 2 aromatic heterocycles. The summed E-state index contributed by atoms with van der Waals surface area (Å²) in [5.74, 6) is -0.0462. The predicted molar refractivity (Wildman–Crippen MR) is 99.9 cm³/mol. The van der Waals surface area contributed by atoms with Crippen molar-refractivity contribution in [2.75, 3.05) is 5.75 Å². The van der Waals surface area contributed by atoms with Crippen molar-refractivity contribution in [3.63, 3.8) is 0 Å².